The zero-order valence-electron chi connectivity index (χ0n) is 14.7. The molecule has 0 spiro atoms. The lowest BCUT2D eigenvalue weighted by Crippen LogP contribution is -2.28. The van der Waals surface area contributed by atoms with E-state index in [0.29, 0.717) is 23.5 Å². The highest BCUT2D eigenvalue weighted by atomic mass is 16.6. The summed E-state index contributed by atoms with van der Waals surface area (Å²) >= 11 is 0. The number of carbonyl (C=O) groups excluding carboxylic acids is 2. The number of ether oxygens (including phenoxy) is 1. The molecule has 8 nitrogen and oxygen atoms in total. The van der Waals surface area contributed by atoms with E-state index in [9.17, 15) is 19.7 Å². The molecule has 0 aliphatic heterocycles. The molecule has 0 bridgehead atoms. The molecule has 0 saturated heterocycles. The largest absolute Gasteiger partial charge is 0.484 e. The van der Waals surface area contributed by atoms with Crippen molar-refractivity contribution >= 4 is 29.3 Å². The standard InChI is InChI=1S/C19H19N3O5/c1-2-20-19(24)13-27-17-5-3-4-15(12-17)21-18(23)11-8-14-6-9-16(10-7-14)22(25)26/h3-12H,2,13H2,1H3,(H,20,24)(H,21,23)/b11-8+. The van der Waals surface area contributed by atoms with Crippen LogP contribution in [0.4, 0.5) is 11.4 Å². The molecule has 0 radical (unpaired) electrons. The first-order valence-corrected chi connectivity index (χ1v) is 8.21. The van der Waals surface area contributed by atoms with Crippen LogP contribution in [0.3, 0.4) is 0 Å². The summed E-state index contributed by atoms with van der Waals surface area (Å²) in [6.45, 7) is 2.24. The van der Waals surface area contributed by atoms with Crippen molar-refractivity contribution in [3.05, 3.63) is 70.3 Å². The second kappa shape index (κ2) is 9.71. The summed E-state index contributed by atoms with van der Waals surface area (Å²) in [5, 5.41) is 15.9. The minimum atomic E-state index is -0.485. The maximum absolute atomic E-state index is 12.0. The predicted molar refractivity (Wildman–Crippen MR) is 101 cm³/mol. The van der Waals surface area contributed by atoms with Gasteiger partial charge in [-0.15, -0.1) is 0 Å². The number of rotatable bonds is 8. The Morgan fingerprint density at radius 1 is 1.19 bits per heavy atom. The highest BCUT2D eigenvalue weighted by Crippen LogP contribution is 2.17. The van der Waals surface area contributed by atoms with Gasteiger partial charge in [0.15, 0.2) is 6.61 Å². The monoisotopic (exact) mass is 369 g/mol. The Bertz CT molecular complexity index is 847. The molecule has 2 amide bonds. The number of nitrogens with zero attached hydrogens (tertiary/aromatic N) is 1. The molecule has 0 aromatic heterocycles. The topological polar surface area (TPSA) is 111 Å². The van der Waals surface area contributed by atoms with Crippen LogP contribution >= 0.6 is 0 Å². The van der Waals surface area contributed by atoms with Crippen molar-refractivity contribution < 1.29 is 19.2 Å². The van der Waals surface area contributed by atoms with Crippen LogP contribution in [0.25, 0.3) is 6.08 Å². The molecule has 0 unspecified atom stereocenters. The maximum atomic E-state index is 12.0. The van der Waals surface area contributed by atoms with E-state index >= 15 is 0 Å². The number of nitro groups is 1. The third kappa shape index (κ3) is 6.62. The Labute approximate surface area is 156 Å². The normalized spacial score (nSPS) is 10.4. The highest BCUT2D eigenvalue weighted by Gasteiger charge is 2.05. The van der Waals surface area contributed by atoms with Crippen LogP contribution in [0.2, 0.25) is 0 Å². The first kappa shape index (κ1) is 19.6. The molecule has 2 aromatic rings. The van der Waals surface area contributed by atoms with Gasteiger partial charge in [0, 0.05) is 36.5 Å². The smallest absolute Gasteiger partial charge is 0.269 e. The maximum Gasteiger partial charge on any atom is 0.269 e. The molecule has 0 atom stereocenters. The van der Waals surface area contributed by atoms with Crippen LogP contribution in [0.15, 0.2) is 54.6 Å². The fourth-order valence-electron chi connectivity index (χ4n) is 2.12. The van der Waals surface area contributed by atoms with Crippen LogP contribution in [0, 0.1) is 10.1 Å². The third-order valence-electron chi connectivity index (χ3n) is 3.38. The number of nitro benzene ring substituents is 1. The molecule has 0 fully saturated rings. The van der Waals surface area contributed by atoms with Crippen molar-refractivity contribution in [3.63, 3.8) is 0 Å². The van der Waals surface area contributed by atoms with Crippen molar-refractivity contribution in [1.29, 1.82) is 0 Å². The van der Waals surface area contributed by atoms with Crippen molar-refractivity contribution in [2.45, 2.75) is 6.92 Å². The number of hydrogen-bond acceptors (Lipinski definition) is 5. The molecule has 2 N–H and O–H groups in total. The van der Waals surface area contributed by atoms with Crippen molar-refractivity contribution in [2.24, 2.45) is 0 Å². The van der Waals surface area contributed by atoms with Gasteiger partial charge in [-0.2, -0.15) is 0 Å². The highest BCUT2D eigenvalue weighted by molar-refractivity contribution is 6.02. The Hall–Kier alpha value is -3.68. The molecule has 2 rings (SSSR count). The number of hydrogen-bond donors (Lipinski definition) is 2. The van der Waals surface area contributed by atoms with Crippen molar-refractivity contribution in [2.75, 3.05) is 18.5 Å². The number of likely N-dealkylation sites (N-methyl/N-ethyl adjacent to an activating group) is 1. The molecular weight excluding hydrogens is 350 g/mol. The van der Waals surface area contributed by atoms with Crippen LogP contribution < -0.4 is 15.4 Å². The van der Waals surface area contributed by atoms with Gasteiger partial charge in [0.1, 0.15) is 5.75 Å². The zero-order chi connectivity index (χ0) is 19.6. The molecule has 8 heteroatoms. The SMILES string of the molecule is CCNC(=O)COc1cccc(NC(=O)/C=C/c2ccc([N+](=O)[O-])cc2)c1. The lowest BCUT2D eigenvalue weighted by atomic mass is 10.2. The Morgan fingerprint density at radius 2 is 1.93 bits per heavy atom. The first-order valence-electron chi connectivity index (χ1n) is 8.21. The van der Waals surface area contributed by atoms with Gasteiger partial charge in [-0.25, -0.2) is 0 Å². The summed E-state index contributed by atoms with van der Waals surface area (Å²) in [6.07, 6.45) is 2.87. The van der Waals surface area contributed by atoms with Crippen LogP contribution in [0.5, 0.6) is 5.75 Å². The van der Waals surface area contributed by atoms with Crippen molar-refractivity contribution in [1.82, 2.24) is 5.32 Å². The van der Waals surface area contributed by atoms with Crippen molar-refractivity contribution in [3.8, 4) is 5.75 Å². The fraction of sp³-hybridized carbons (Fsp3) is 0.158. The molecule has 27 heavy (non-hydrogen) atoms. The van der Waals surface area contributed by atoms with E-state index in [1.165, 1.54) is 18.2 Å². The van der Waals surface area contributed by atoms with E-state index in [1.54, 1.807) is 42.5 Å². The van der Waals surface area contributed by atoms with E-state index in [0.717, 1.165) is 0 Å². The number of carbonyl (C=O) groups is 2. The molecule has 0 heterocycles. The van der Waals surface area contributed by atoms with E-state index in [-0.39, 0.29) is 24.1 Å². The van der Waals surface area contributed by atoms with E-state index < -0.39 is 4.92 Å². The van der Waals surface area contributed by atoms with Crippen LogP contribution in [-0.4, -0.2) is 29.9 Å². The van der Waals surface area contributed by atoms with E-state index in [1.807, 2.05) is 6.92 Å². The summed E-state index contributed by atoms with van der Waals surface area (Å²) in [5.41, 5.74) is 1.16. The van der Waals surface area contributed by atoms with E-state index in [4.69, 9.17) is 4.74 Å². The Morgan fingerprint density at radius 3 is 2.59 bits per heavy atom. The summed E-state index contributed by atoms with van der Waals surface area (Å²) in [5.74, 6) is -0.134. The molecule has 0 saturated carbocycles. The van der Waals surface area contributed by atoms with Gasteiger partial charge >= 0.3 is 0 Å². The van der Waals surface area contributed by atoms with Gasteiger partial charge in [-0.05, 0) is 42.8 Å². The molecule has 2 aromatic carbocycles. The zero-order valence-corrected chi connectivity index (χ0v) is 14.7. The third-order valence-corrected chi connectivity index (χ3v) is 3.38. The number of nitrogens with one attached hydrogen (secondary N) is 2. The Balaban J connectivity index is 1.92. The number of benzene rings is 2. The van der Waals surface area contributed by atoms with Gasteiger partial charge in [-0.3, -0.25) is 19.7 Å². The molecular formula is C19H19N3O5. The summed E-state index contributed by atoms with van der Waals surface area (Å²) in [4.78, 5) is 33.5. The molecule has 140 valence electrons. The number of non-ortho nitro benzene ring substituents is 1. The predicted octanol–water partition coefficient (Wildman–Crippen LogP) is 2.76. The second-order valence-electron chi connectivity index (χ2n) is 5.44. The van der Waals surface area contributed by atoms with Crippen LogP contribution in [-0.2, 0) is 9.59 Å². The van der Waals surface area contributed by atoms with Gasteiger partial charge in [0.2, 0.25) is 5.91 Å². The summed E-state index contributed by atoms with van der Waals surface area (Å²) in [6, 6.07) is 12.5. The average Bonchev–Trinajstić information content (AvgIpc) is 2.65. The Kier molecular flexibility index (Phi) is 7.07. The first-order chi connectivity index (χ1) is 13.0. The van der Waals surface area contributed by atoms with Crippen LogP contribution in [0.1, 0.15) is 12.5 Å². The number of anilines is 1. The molecule has 0 aliphatic rings. The quantitative estimate of drug-likeness (QED) is 0.422. The van der Waals surface area contributed by atoms with Gasteiger partial charge in [-0.1, -0.05) is 6.07 Å². The summed E-state index contributed by atoms with van der Waals surface area (Å²) in [7, 11) is 0. The fourth-order valence-corrected chi connectivity index (χ4v) is 2.12. The average molecular weight is 369 g/mol. The number of amides is 2. The minimum Gasteiger partial charge on any atom is -0.484 e. The lowest BCUT2D eigenvalue weighted by molar-refractivity contribution is -0.384. The second-order valence-corrected chi connectivity index (χ2v) is 5.44. The summed E-state index contributed by atoms with van der Waals surface area (Å²) < 4.78 is 5.37. The van der Waals surface area contributed by atoms with E-state index in [2.05, 4.69) is 10.6 Å². The van der Waals surface area contributed by atoms with Gasteiger partial charge in [0.25, 0.3) is 11.6 Å². The van der Waals surface area contributed by atoms with Gasteiger partial charge in [0.05, 0.1) is 4.92 Å². The minimum absolute atomic E-state index is 0.0129. The lowest BCUT2D eigenvalue weighted by Gasteiger charge is -2.08. The van der Waals surface area contributed by atoms with Gasteiger partial charge < -0.3 is 15.4 Å². The molecule has 0 aliphatic carbocycles.